The van der Waals surface area contributed by atoms with Crippen molar-refractivity contribution in [1.82, 2.24) is 29.5 Å². The molecule has 0 spiro atoms. The van der Waals surface area contributed by atoms with E-state index in [9.17, 15) is 23.5 Å². The van der Waals surface area contributed by atoms with Gasteiger partial charge in [0.25, 0.3) is 11.1 Å². The Kier molecular flexibility index (Phi) is 8.62. The lowest BCUT2D eigenvalue weighted by atomic mass is 9.92. The molecule has 2 amide bonds. The van der Waals surface area contributed by atoms with E-state index in [1.54, 1.807) is 30.3 Å². The van der Waals surface area contributed by atoms with Crippen molar-refractivity contribution in [2.24, 2.45) is 0 Å². The van der Waals surface area contributed by atoms with Gasteiger partial charge in [-0.2, -0.15) is 5.10 Å². The van der Waals surface area contributed by atoms with Crippen molar-refractivity contribution in [1.29, 1.82) is 0 Å². The summed E-state index contributed by atoms with van der Waals surface area (Å²) in [5.41, 5.74) is -0.903. The Labute approximate surface area is 239 Å². The maximum absolute atomic E-state index is 14.7. The van der Waals surface area contributed by atoms with E-state index >= 15 is 0 Å². The van der Waals surface area contributed by atoms with Crippen LogP contribution in [0.2, 0.25) is 5.02 Å². The minimum atomic E-state index is -1.67. The summed E-state index contributed by atoms with van der Waals surface area (Å²) in [6.45, 7) is 3.21. The molecule has 40 heavy (non-hydrogen) atoms. The summed E-state index contributed by atoms with van der Waals surface area (Å²) in [5, 5.41) is 15.9. The Morgan fingerprint density at radius 3 is 2.40 bits per heavy atom. The second kappa shape index (κ2) is 12.1. The minimum Gasteiger partial charge on any atom is -0.382 e. The predicted octanol–water partition coefficient (Wildman–Crippen LogP) is 3.45. The Hall–Kier alpha value is -3.16. The van der Waals surface area contributed by atoms with Crippen LogP contribution in [0.15, 0.2) is 60.0 Å². The number of aromatic nitrogens is 3. The van der Waals surface area contributed by atoms with Gasteiger partial charge in [-0.15, -0.1) is 0 Å². The van der Waals surface area contributed by atoms with Gasteiger partial charge >= 0.3 is 0 Å². The van der Waals surface area contributed by atoms with Crippen molar-refractivity contribution >= 4 is 40.6 Å². The largest absolute Gasteiger partial charge is 0.382 e. The lowest BCUT2D eigenvalue weighted by molar-refractivity contribution is -0.122. The second-order valence-electron chi connectivity index (χ2n) is 9.75. The van der Waals surface area contributed by atoms with E-state index in [1.165, 1.54) is 28.3 Å². The van der Waals surface area contributed by atoms with Crippen molar-refractivity contribution in [3.05, 3.63) is 87.8 Å². The number of aliphatic hydroxyl groups is 1. The molecule has 1 unspecified atom stereocenters. The van der Waals surface area contributed by atoms with Crippen LogP contribution >= 0.6 is 23.4 Å². The van der Waals surface area contributed by atoms with Crippen molar-refractivity contribution in [3.63, 3.8) is 0 Å². The molecule has 1 atom stereocenters. The number of piperazine rings is 1. The third-order valence-corrected chi connectivity index (χ3v) is 8.11. The van der Waals surface area contributed by atoms with Gasteiger partial charge in [0.2, 0.25) is 0 Å². The zero-order valence-corrected chi connectivity index (χ0v) is 23.0. The molecule has 2 aromatic carbocycles. The summed E-state index contributed by atoms with van der Waals surface area (Å²) in [7, 11) is 0. The SMILES string of the molecule is O=C1SC(=Cc2ccc(Cl)cc2)C(=O)N1CCN1CCN(CC(O)(Cn2cncn2)c2ccc(F)cc2F)CC1. The Morgan fingerprint density at radius 1 is 1.00 bits per heavy atom. The van der Waals surface area contributed by atoms with Gasteiger partial charge in [0.15, 0.2) is 0 Å². The molecule has 9 nitrogen and oxygen atoms in total. The van der Waals surface area contributed by atoms with Gasteiger partial charge in [-0.3, -0.25) is 24.3 Å². The highest BCUT2D eigenvalue weighted by Gasteiger charge is 2.37. The Balaban J connectivity index is 1.17. The highest BCUT2D eigenvalue weighted by atomic mass is 35.5. The van der Waals surface area contributed by atoms with Gasteiger partial charge in [0.1, 0.15) is 29.9 Å². The summed E-state index contributed by atoms with van der Waals surface area (Å²) in [5.74, 6) is -1.87. The standard InChI is InChI=1S/C27H27ClF2N6O3S/c28-20-3-1-19(2-4-20)13-24-25(37)36(26(38)40-24)12-11-33-7-9-34(10-8-33)15-27(39,16-35-18-31-17-32-35)22-6-5-21(29)14-23(22)30/h1-6,13-14,17-18,39H,7-12,15-16H2. The quantitative estimate of drug-likeness (QED) is 0.380. The Morgan fingerprint density at radius 2 is 1.73 bits per heavy atom. The van der Waals surface area contributed by atoms with Crippen molar-refractivity contribution in [2.45, 2.75) is 12.1 Å². The molecule has 5 rings (SSSR count). The minimum absolute atomic E-state index is 0.0159. The number of carbonyl (C=O) groups excluding carboxylic acids is 2. The first-order valence-corrected chi connectivity index (χ1v) is 13.9. The number of hydrogen-bond donors (Lipinski definition) is 1. The maximum atomic E-state index is 14.7. The highest BCUT2D eigenvalue weighted by molar-refractivity contribution is 8.18. The summed E-state index contributed by atoms with van der Waals surface area (Å²) < 4.78 is 29.7. The normalized spacial score (nSPS) is 19.5. The molecule has 3 heterocycles. The molecular formula is C27H27ClF2N6O3S. The van der Waals surface area contributed by atoms with Crippen LogP contribution in [0.25, 0.3) is 6.08 Å². The van der Waals surface area contributed by atoms with Crippen LogP contribution in [0.5, 0.6) is 0 Å². The van der Waals surface area contributed by atoms with Crippen LogP contribution in [0.1, 0.15) is 11.1 Å². The van der Waals surface area contributed by atoms with E-state index in [2.05, 4.69) is 15.0 Å². The third kappa shape index (κ3) is 6.58. The van der Waals surface area contributed by atoms with Crippen LogP contribution in [-0.2, 0) is 16.9 Å². The number of amides is 2. The first-order valence-electron chi connectivity index (χ1n) is 12.7. The average Bonchev–Trinajstić information content (AvgIpc) is 3.52. The van der Waals surface area contributed by atoms with Crippen LogP contribution in [0, 0.1) is 11.6 Å². The molecule has 1 aromatic heterocycles. The third-order valence-electron chi connectivity index (χ3n) is 6.95. The molecule has 13 heteroatoms. The van der Waals surface area contributed by atoms with Gasteiger partial charge in [-0.25, -0.2) is 18.4 Å². The number of halogens is 3. The molecule has 2 saturated heterocycles. The van der Waals surface area contributed by atoms with E-state index in [0.717, 1.165) is 29.5 Å². The number of rotatable bonds is 9. The maximum Gasteiger partial charge on any atom is 0.293 e. The molecule has 2 fully saturated rings. The fraction of sp³-hybridized carbons (Fsp3) is 0.333. The molecule has 210 valence electrons. The molecule has 2 aliphatic rings. The van der Waals surface area contributed by atoms with Crippen LogP contribution in [0.4, 0.5) is 13.6 Å². The van der Waals surface area contributed by atoms with Gasteiger partial charge in [-0.1, -0.05) is 29.8 Å². The number of β-amino-alcohol motifs (C(OH)–C–C–N with tert-alkyl or cyclic N) is 1. The lowest BCUT2D eigenvalue weighted by Crippen LogP contribution is -2.53. The molecule has 0 radical (unpaired) electrons. The number of nitrogens with zero attached hydrogens (tertiary/aromatic N) is 6. The van der Waals surface area contributed by atoms with Gasteiger partial charge in [-0.05, 0) is 41.6 Å². The number of imide groups is 1. The zero-order valence-electron chi connectivity index (χ0n) is 21.4. The van der Waals surface area contributed by atoms with E-state index in [-0.39, 0.29) is 36.3 Å². The highest BCUT2D eigenvalue weighted by Crippen LogP contribution is 2.32. The number of thioether (sulfide) groups is 1. The van der Waals surface area contributed by atoms with Gasteiger partial charge in [0.05, 0.1) is 11.4 Å². The first-order chi connectivity index (χ1) is 19.2. The summed E-state index contributed by atoms with van der Waals surface area (Å²) in [6.07, 6.45) is 4.44. The van der Waals surface area contributed by atoms with Gasteiger partial charge < -0.3 is 5.11 Å². The summed E-state index contributed by atoms with van der Waals surface area (Å²) in [6, 6.07) is 10.2. The summed E-state index contributed by atoms with van der Waals surface area (Å²) >= 11 is 6.84. The molecular weight excluding hydrogens is 562 g/mol. The fourth-order valence-electron chi connectivity index (χ4n) is 4.86. The van der Waals surface area contributed by atoms with Crippen LogP contribution in [-0.4, -0.2) is 91.5 Å². The fourth-order valence-corrected chi connectivity index (χ4v) is 5.85. The second-order valence-corrected chi connectivity index (χ2v) is 11.2. The van der Waals surface area contributed by atoms with E-state index in [1.807, 2.05) is 4.90 Å². The van der Waals surface area contributed by atoms with Crippen molar-refractivity contribution in [3.8, 4) is 0 Å². The van der Waals surface area contributed by atoms with E-state index in [0.29, 0.717) is 42.7 Å². The number of benzene rings is 2. The van der Waals surface area contributed by atoms with E-state index in [4.69, 9.17) is 11.6 Å². The number of hydrogen-bond acceptors (Lipinski definition) is 8. The predicted molar refractivity (Wildman–Crippen MR) is 147 cm³/mol. The molecule has 0 aliphatic carbocycles. The molecule has 2 aliphatic heterocycles. The van der Waals surface area contributed by atoms with E-state index < -0.39 is 17.2 Å². The zero-order chi connectivity index (χ0) is 28.3. The molecule has 0 saturated carbocycles. The first kappa shape index (κ1) is 28.4. The van der Waals surface area contributed by atoms with Crippen LogP contribution in [0.3, 0.4) is 0 Å². The monoisotopic (exact) mass is 588 g/mol. The molecule has 0 bridgehead atoms. The molecule has 3 aromatic rings. The molecule has 1 N–H and O–H groups in total. The average molecular weight is 589 g/mol. The van der Waals surface area contributed by atoms with Crippen LogP contribution < -0.4 is 0 Å². The van der Waals surface area contributed by atoms with Crippen molar-refractivity contribution in [2.75, 3.05) is 45.8 Å². The topological polar surface area (TPSA) is 94.8 Å². The Bertz CT molecular complexity index is 1400. The number of carbonyl (C=O) groups is 2. The smallest absolute Gasteiger partial charge is 0.293 e. The lowest BCUT2D eigenvalue weighted by Gasteiger charge is -2.40. The summed E-state index contributed by atoms with van der Waals surface area (Å²) in [4.78, 5) is 35.0. The van der Waals surface area contributed by atoms with Crippen molar-refractivity contribution < 1.29 is 23.5 Å². The van der Waals surface area contributed by atoms with Gasteiger partial charge in [0, 0.05) is 62.5 Å².